The molecule has 2 rings (SSSR count). The van der Waals surface area contributed by atoms with E-state index in [2.05, 4.69) is 41.9 Å². The second-order valence-corrected chi connectivity index (χ2v) is 10.3. The van der Waals surface area contributed by atoms with Gasteiger partial charge in [0.1, 0.15) is 4.90 Å². The van der Waals surface area contributed by atoms with Crippen LogP contribution in [0.1, 0.15) is 16.7 Å². The number of nitrogens with one attached hydrogen (secondary N) is 2. The van der Waals surface area contributed by atoms with Gasteiger partial charge in [-0.15, -0.1) is 22.7 Å². The summed E-state index contributed by atoms with van der Waals surface area (Å²) in [6, 6.07) is 3.62. The van der Waals surface area contributed by atoms with Crippen LogP contribution < -0.4 is 10.0 Å². The molecule has 0 aliphatic heterocycles. The Bertz CT molecular complexity index is 710. The number of thiophene rings is 2. The van der Waals surface area contributed by atoms with Crippen molar-refractivity contribution in [2.75, 3.05) is 6.54 Å². The lowest BCUT2D eigenvalue weighted by Crippen LogP contribution is -2.22. The number of rotatable bonds is 7. The van der Waals surface area contributed by atoms with Crippen molar-refractivity contribution < 1.29 is 8.42 Å². The normalized spacial score (nSPS) is 12.0. The molecule has 2 heterocycles. The van der Waals surface area contributed by atoms with Gasteiger partial charge in [-0.3, -0.25) is 0 Å². The first kappa shape index (κ1) is 17.6. The third-order valence-electron chi connectivity index (χ3n) is 2.60. The lowest BCUT2D eigenvalue weighted by Gasteiger charge is -2.04. The predicted octanol–water partition coefficient (Wildman–Crippen LogP) is 3.92. The Hall–Kier alpha value is 0.230. The molecule has 9 heteroatoms. The molecule has 2 N–H and O–H groups in total. The van der Waals surface area contributed by atoms with Crippen LogP contribution in [0.15, 0.2) is 30.7 Å². The molecule has 0 saturated heterocycles. The van der Waals surface area contributed by atoms with Gasteiger partial charge in [-0.1, -0.05) is 6.92 Å². The van der Waals surface area contributed by atoms with Crippen molar-refractivity contribution in [1.82, 2.24) is 10.0 Å². The molecular weight excluding hydrogens is 460 g/mol. The van der Waals surface area contributed by atoms with Crippen molar-refractivity contribution in [3.63, 3.8) is 0 Å². The third kappa shape index (κ3) is 4.85. The van der Waals surface area contributed by atoms with Gasteiger partial charge in [-0.2, -0.15) is 0 Å². The summed E-state index contributed by atoms with van der Waals surface area (Å²) >= 11 is 9.65. The van der Waals surface area contributed by atoms with E-state index < -0.39 is 10.0 Å². The first-order valence-electron chi connectivity index (χ1n) is 6.14. The van der Waals surface area contributed by atoms with Crippen LogP contribution in [0, 0.1) is 0 Å². The van der Waals surface area contributed by atoms with Gasteiger partial charge < -0.3 is 5.32 Å². The van der Waals surface area contributed by atoms with E-state index in [4.69, 9.17) is 0 Å². The highest BCUT2D eigenvalue weighted by atomic mass is 79.9. The summed E-state index contributed by atoms with van der Waals surface area (Å²) < 4.78 is 28.9. The van der Waals surface area contributed by atoms with Crippen molar-refractivity contribution in [1.29, 1.82) is 0 Å². The van der Waals surface area contributed by atoms with E-state index in [1.807, 2.05) is 18.4 Å². The Labute approximate surface area is 149 Å². The summed E-state index contributed by atoms with van der Waals surface area (Å²) in [4.78, 5) is 2.25. The predicted molar refractivity (Wildman–Crippen MR) is 95.4 cm³/mol. The summed E-state index contributed by atoms with van der Waals surface area (Å²) in [6.45, 7) is 3.83. The van der Waals surface area contributed by atoms with Crippen molar-refractivity contribution >= 4 is 64.6 Å². The monoisotopic (exact) mass is 472 g/mol. The third-order valence-corrected chi connectivity index (χ3v) is 7.95. The van der Waals surface area contributed by atoms with Gasteiger partial charge in [0.15, 0.2) is 0 Å². The maximum Gasteiger partial charge on any atom is 0.242 e. The molecule has 0 saturated carbocycles. The molecule has 0 unspecified atom stereocenters. The summed E-state index contributed by atoms with van der Waals surface area (Å²) in [5.41, 5.74) is 0. The lowest BCUT2D eigenvalue weighted by atomic mass is 10.4. The summed E-state index contributed by atoms with van der Waals surface area (Å²) in [5, 5.41) is 5.12. The highest BCUT2D eigenvalue weighted by molar-refractivity contribution is 9.11. The summed E-state index contributed by atoms with van der Waals surface area (Å²) in [5.74, 6) is 0. The van der Waals surface area contributed by atoms with Crippen LogP contribution in [0.4, 0.5) is 0 Å². The molecule has 21 heavy (non-hydrogen) atoms. The zero-order valence-electron chi connectivity index (χ0n) is 11.2. The summed E-state index contributed by atoms with van der Waals surface area (Å²) in [7, 11) is -3.51. The highest BCUT2D eigenvalue weighted by Gasteiger charge is 2.20. The van der Waals surface area contributed by atoms with Crippen molar-refractivity contribution in [3.8, 4) is 0 Å². The van der Waals surface area contributed by atoms with Crippen molar-refractivity contribution in [3.05, 3.63) is 35.5 Å². The van der Waals surface area contributed by atoms with Crippen molar-refractivity contribution in [2.45, 2.75) is 24.9 Å². The van der Waals surface area contributed by atoms with Gasteiger partial charge in [0, 0.05) is 32.7 Å². The zero-order chi connectivity index (χ0) is 15.5. The van der Waals surface area contributed by atoms with Gasteiger partial charge >= 0.3 is 0 Å². The van der Waals surface area contributed by atoms with Crippen molar-refractivity contribution in [2.24, 2.45) is 0 Å². The average molecular weight is 474 g/mol. The van der Waals surface area contributed by atoms with Crippen LogP contribution in [0.2, 0.25) is 0 Å². The van der Waals surface area contributed by atoms with E-state index in [1.165, 1.54) is 22.7 Å². The minimum absolute atomic E-state index is 0.295. The molecule has 116 valence electrons. The molecule has 0 radical (unpaired) electrons. The molecule has 0 spiro atoms. The molecule has 4 nitrogen and oxygen atoms in total. The minimum Gasteiger partial charge on any atom is -0.312 e. The second kappa shape index (κ2) is 7.67. The van der Waals surface area contributed by atoms with Crippen LogP contribution >= 0.6 is 54.5 Å². The molecule has 0 amide bonds. The van der Waals surface area contributed by atoms with Crippen LogP contribution in [0.25, 0.3) is 0 Å². The number of hydrogen-bond donors (Lipinski definition) is 2. The first-order valence-corrected chi connectivity index (χ1v) is 10.9. The molecule has 0 aliphatic rings. The molecule has 0 atom stereocenters. The van der Waals surface area contributed by atoms with Crippen LogP contribution in [-0.2, 0) is 23.1 Å². The Morgan fingerprint density at radius 1 is 1.19 bits per heavy atom. The standard InChI is InChI=1S/C12H14Br2N2O2S3/c1-2-15-5-10-4-11(12(14)20-10)21(17,18)16-6-9-3-8(13)7-19-9/h3-4,7,15-16H,2,5-6H2,1H3. The summed E-state index contributed by atoms with van der Waals surface area (Å²) in [6.07, 6.45) is 0. The quantitative estimate of drug-likeness (QED) is 0.640. The van der Waals surface area contributed by atoms with Gasteiger partial charge in [0.2, 0.25) is 10.0 Å². The minimum atomic E-state index is -3.51. The van der Waals surface area contributed by atoms with E-state index in [9.17, 15) is 8.42 Å². The first-order chi connectivity index (χ1) is 9.92. The number of hydrogen-bond acceptors (Lipinski definition) is 5. The fourth-order valence-corrected chi connectivity index (χ4v) is 6.75. The molecule has 0 aliphatic carbocycles. The largest absolute Gasteiger partial charge is 0.312 e. The maximum atomic E-state index is 12.4. The SMILES string of the molecule is CCNCc1cc(S(=O)(=O)NCc2cc(Br)cs2)c(Br)s1. The van der Waals surface area contributed by atoms with Crippen LogP contribution in [0.5, 0.6) is 0 Å². The van der Waals surface area contributed by atoms with Gasteiger partial charge in [-0.25, -0.2) is 13.1 Å². The van der Waals surface area contributed by atoms with Crippen LogP contribution in [-0.4, -0.2) is 15.0 Å². The molecule has 0 aromatic carbocycles. The number of sulfonamides is 1. The lowest BCUT2D eigenvalue weighted by molar-refractivity contribution is 0.581. The van der Waals surface area contributed by atoms with E-state index in [-0.39, 0.29) is 0 Å². The molecular formula is C12H14Br2N2O2S3. The second-order valence-electron chi connectivity index (χ2n) is 4.19. The average Bonchev–Trinajstić information content (AvgIpc) is 3.00. The smallest absolute Gasteiger partial charge is 0.242 e. The van der Waals surface area contributed by atoms with Crippen LogP contribution in [0.3, 0.4) is 0 Å². The van der Waals surface area contributed by atoms with Gasteiger partial charge in [-0.05, 0) is 50.5 Å². The number of halogens is 2. The molecule has 0 bridgehead atoms. The van der Waals surface area contributed by atoms with E-state index >= 15 is 0 Å². The molecule has 2 aromatic heterocycles. The Morgan fingerprint density at radius 2 is 1.95 bits per heavy atom. The highest BCUT2D eigenvalue weighted by Crippen LogP contribution is 2.32. The molecule has 0 fully saturated rings. The maximum absolute atomic E-state index is 12.4. The topological polar surface area (TPSA) is 58.2 Å². The molecule has 2 aromatic rings. The Balaban J connectivity index is 2.09. The van der Waals surface area contributed by atoms with E-state index in [0.717, 1.165) is 20.8 Å². The van der Waals surface area contributed by atoms with Gasteiger partial charge in [0.05, 0.1) is 3.79 Å². The Morgan fingerprint density at radius 3 is 2.57 bits per heavy atom. The fraction of sp³-hybridized carbons (Fsp3) is 0.333. The zero-order valence-corrected chi connectivity index (χ0v) is 16.8. The van der Waals surface area contributed by atoms with E-state index in [0.29, 0.717) is 21.8 Å². The fourth-order valence-electron chi connectivity index (χ4n) is 1.61. The van der Waals surface area contributed by atoms with E-state index in [1.54, 1.807) is 6.07 Å². The van der Waals surface area contributed by atoms with Gasteiger partial charge in [0.25, 0.3) is 0 Å². The Kier molecular flexibility index (Phi) is 6.42.